The van der Waals surface area contributed by atoms with Crippen LogP contribution in [-0.2, 0) is 6.18 Å². The second-order valence-electron chi connectivity index (χ2n) is 3.53. The fraction of sp³-hybridized carbons (Fsp3) is 0.0909. The van der Waals surface area contributed by atoms with E-state index in [0.29, 0.717) is 11.3 Å². The predicted octanol–water partition coefficient (Wildman–Crippen LogP) is 3.67. The number of nitrogens with zero attached hydrogens (tertiary/aromatic N) is 1. The monoisotopic (exact) mass is 291 g/mol. The van der Waals surface area contributed by atoms with Crippen LogP contribution in [0.25, 0.3) is 10.4 Å². The molecule has 0 radical (unpaired) electrons. The van der Waals surface area contributed by atoms with Crippen molar-refractivity contribution in [1.82, 2.24) is 4.98 Å². The summed E-state index contributed by atoms with van der Waals surface area (Å²) < 4.78 is 50.3. The Morgan fingerprint density at radius 1 is 1.32 bits per heavy atom. The lowest BCUT2D eigenvalue weighted by atomic mass is 10.1. The first-order valence-electron chi connectivity index (χ1n) is 4.85. The van der Waals surface area contributed by atoms with Crippen LogP contribution < -0.4 is 0 Å². The highest BCUT2D eigenvalue weighted by atomic mass is 32.1. The van der Waals surface area contributed by atoms with Crippen LogP contribution in [0.5, 0.6) is 0 Å². The van der Waals surface area contributed by atoms with Gasteiger partial charge in [-0.2, -0.15) is 13.2 Å². The van der Waals surface area contributed by atoms with Crippen LogP contribution in [0.3, 0.4) is 0 Å². The van der Waals surface area contributed by atoms with Crippen LogP contribution >= 0.6 is 11.3 Å². The number of hydrogen-bond donors (Lipinski definition) is 1. The maximum absolute atomic E-state index is 13.2. The molecular formula is C11H5F4NO2S. The molecular weight excluding hydrogens is 286 g/mol. The highest BCUT2D eigenvalue weighted by Gasteiger charge is 2.34. The molecule has 0 saturated carbocycles. The van der Waals surface area contributed by atoms with Gasteiger partial charge in [0.15, 0.2) is 5.01 Å². The number of hydrogen-bond acceptors (Lipinski definition) is 3. The van der Waals surface area contributed by atoms with Gasteiger partial charge in [-0.1, -0.05) is 6.07 Å². The summed E-state index contributed by atoms with van der Waals surface area (Å²) in [4.78, 5) is 14.1. The Balaban J connectivity index is 2.45. The minimum absolute atomic E-state index is 0.120. The molecule has 100 valence electrons. The number of carboxylic acid groups (broad SMARTS) is 1. The van der Waals surface area contributed by atoms with E-state index in [0.717, 1.165) is 18.3 Å². The molecule has 0 bridgehead atoms. The zero-order valence-electron chi connectivity index (χ0n) is 9.03. The number of thiazole rings is 1. The van der Waals surface area contributed by atoms with Crippen LogP contribution in [0.1, 0.15) is 15.4 Å². The SMILES string of the molecule is O=C(O)c1cc(-c2cnc(C(F)(F)F)s2)ccc1F. The van der Waals surface area contributed by atoms with Crippen LogP contribution in [0.2, 0.25) is 0 Å². The molecule has 0 unspecified atom stereocenters. The minimum Gasteiger partial charge on any atom is -0.478 e. The van der Waals surface area contributed by atoms with Crippen molar-refractivity contribution < 1.29 is 27.5 Å². The Morgan fingerprint density at radius 2 is 2.00 bits per heavy atom. The third-order valence-electron chi connectivity index (χ3n) is 2.23. The summed E-state index contributed by atoms with van der Waals surface area (Å²) in [5, 5.41) is 7.70. The summed E-state index contributed by atoms with van der Waals surface area (Å²) in [6.07, 6.45) is -3.58. The zero-order valence-corrected chi connectivity index (χ0v) is 9.85. The molecule has 8 heteroatoms. The molecule has 3 nitrogen and oxygen atoms in total. The van der Waals surface area contributed by atoms with Crippen molar-refractivity contribution in [2.24, 2.45) is 0 Å². The second-order valence-corrected chi connectivity index (χ2v) is 4.56. The van der Waals surface area contributed by atoms with Gasteiger partial charge in [0, 0.05) is 6.20 Å². The number of aromatic carboxylic acids is 1. The summed E-state index contributed by atoms with van der Waals surface area (Å²) in [6, 6.07) is 3.08. The lowest BCUT2D eigenvalue weighted by Gasteiger charge is -2.01. The average molecular weight is 291 g/mol. The molecule has 19 heavy (non-hydrogen) atoms. The molecule has 0 atom stereocenters. The van der Waals surface area contributed by atoms with Crippen LogP contribution in [0.4, 0.5) is 17.6 Å². The van der Waals surface area contributed by atoms with Gasteiger partial charge in [0.05, 0.1) is 10.4 Å². The molecule has 1 N–H and O–H groups in total. The van der Waals surface area contributed by atoms with Gasteiger partial charge in [0.1, 0.15) is 5.82 Å². The molecule has 0 aliphatic carbocycles. The molecule has 0 spiro atoms. The van der Waals surface area contributed by atoms with Crippen LogP contribution in [0.15, 0.2) is 24.4 Å². The van der Waals surface area contributed by atoms with Crippen molar-refractivity contribution in [3.63, 3.8) is 0 Å². The fourth-order valence-corrected chi connectivity index (χ4v) is 2.16. The maximum Gasteiger partial charge on any atom is 0.443 e. The molecule has 0 aliphatic heterocycles. The maximum atomic E-state index is 13.2. The molecule has 0 fully saturated rings. The zero-order chi connectivity index (χ0) is 14.2. The molecule has 1 heterocycles. The predicted molar refractivity (Wildman–Crippen MR) is 59.5 cm³/mol. The summed E-state index contributed by atoms with van der Waals surface area (Å²) >= 11 is 0.368. The molecule has 2 aromatic rings. The van der Waals surface area contributed by atoms with Gasteiger partial charge >= 0.3 is 12.1 Å². The highest BCUT2D eigenvalue weighted by Crippen LogP contribution is 2.36. The van der Waals surface area contributed by atoms with E-state index >= 15 is 0 Å². The Labute approximate surface area is 108 Å². The summed E-state index contributed by atoms with van der Waals surface area (Å²) in [5.74, 6) is -2.43. The first-order chi connectivity index (χ1) is 8.79. The van der Waals surface area contributed by atoms with E-state index in [1.807, 2.05) is 0 Å². The van der Waals surface area contributed by atoms with Crippen molar-refractivity contribution in [2.75, 3.05) is 0 Å². The fourth-order valence-electron chi connectivity index (χ4n) is 1.38. The number of benzene rings is 1. The first kappa shape index (κ1) is 13.5. The van der Waals surface area contributed by atoms with Gasteiger partial charge < -0.3 is 5.11 Å². The van der Waals surface area contributed by atoms with Gasteiger partial charge in [-0.15, -0.1) is 11.3 Å². The van der Waals surface area contributed by atoms with E-state index in [2.05, 4.69) is 4.98 Å². The highest BCUT2D eigenvalue weighted by molar-refractivity contribution is 7.15. The van der Waals surface area contributed by atoms with Gasteiger partial charge in [-0.05, 0) is 17.7 Å². The molecule has 0 saturated heterocycles. The van der Waals surface area contributed by atoms with E-state index in [9.17, 15) is 22.4 Å². The van der Waals surface area contributed by atoms with Crippen LogP contribution in [0, 0.1) is 5.82 Å². The number of carboxylic acids is 1. The van der Waals surface area contributed by atoms with Gasteiger partial charge in [0.2, 0.25) is 0 Å². The largest absolute Gasteiger partial charge is 0.478 e. The average Bonchev–Trinajstić information content (AvgIpc) is 2.78. The molecule has 0 amide bonds. The first-order valence-corrected chi connectivity index (χ1v) is 5.67. The molecule has 1 aromatic carbocycles. The normalized spacial score (nSPS) is 11.6. The van der Waals surface area contributed by atoms with Gasteiger partial charge in [-0.25, -0.2) is 14.2 Å². The Morgan fingerprint density at radius 3 is 2.53 bits per heavy atom. The number of aromatic nitrogens is 1. The van der Waals surface area contributed by atoms with Crippen LogP contribution in [-0.4, -0.2) is 16.1 Å². The van der Waals surface area contributed by atoms with Crippen molar-refractivity contribution in [2.45, 2.75) is 6.18 Å². The van der Waals surface area contributed by atoms with E-state index < -0.39 is 28.5 Å². The Kier molecular flexibility index (Phi) is 3.27. The van der Waals surface area contributed by atoms with E-state index in [4.69, 9.17) is 5.11 Å². The summed E-state index contributed by atoms with van der Waals surface area (Å²) in [5.41, 5.74) is -0.425. The Hall–Kier alpha value is -1.96. The Bertz CT molecular complexity index is 636. The summed E-state index contributed by atoms with van der Waals surface area (Å²) in [6.45, 7) is 0. The molecule has 2 rings (SSSR count). The number of carbonyl (C=O) groups is 1. The lowest BCUT2D eigenvalue weighted by Crippen LogP contribution is -2.02. The third kappa shape index (κ3) is 2.73. The number of rotatable bonds is 2. The molecule has 0 aliphatic rings. The van der Waals surface area contributed by atoms with Gasteiger partial charge in [-0.3, -0.25) is 0 Å². The minimum atomic E-state index is -4.56. The standard InChI is InChI=1S/C11H5F4NO2S/c12-7-2-1-5(3-6(7)9(17)18)8-4-16-10(19-8)11(13,14)15/h1-4H,(H,17,18). The van der Waals surface area contributed by atoms with Crippen molar-refractivity contribution in [1.29, 1.82) is 0 Å². The molecule has 1 aromatic heterocycles. The topological polar surface area (TPSA) is 50.2 Å². The van der Waals surface area contributed by atoms with E-state index in [1.165, 1.54) is 6.07 Å². The van der Waals surface area contributed by atoms with Crippen molar-refractivity contribution >= 4 is 17.3 Å². The third-order valence-corrected chi connectivity index (χ3v) is 3.32. The quantitative estimate of drug-likeness (QED) is 0.859. The van der Waals surface area contributed by atoms with Gasteiger partial charge in [0.25, 0.3) is 0 Å². The van der Waals surface area contributed by atoms with E-state index in [-0.39, 0.29) is 10.4 Å². The summed E-state index contributed by atoms with van der Waals surface area (Å²) in [7, 11) is 0. The number of halogens is 4. The van der Waals surface area contributed by atoms with Crippen molar-refractivity contribution in [3.05, 3.63) is 40.8 Å². The smallest absolute Gasteiger partial charge is 0.443 e. The van der Waals surface area contributed by atoms with Crippen molar-refractivity contribution in [3.8, 4) is 10.4 Å². The second kappa shape index (κ2) is 4.61. The van der Waals surface area contributed by atoms with E-state index in [1.54, 1.807) is 0 Å². The lowest BCUT2D eigenvalue weighted by molar-refractivity contribution is -0.137. The number of alkyl halides is 3.